The van der Waals surface area contributed by atoms with Crippen molar-refractivity contribution in [1.82, 2.24) is 0 Å². The van der Waals surface area contributed by atoms with Crippen LogP contribution >= 0.6 is 45.3 Å². The number of fused-ring (bicyclic) bond motifs is 9. The summed E-state index contributed by atoms with van der Waals surface area (Å²) in [5.74, 6) is -4.29. The van der Waals surface area contributed by atoms with Crippen LogP contribution in [0.4, 0.5) is 5.00 Å². The Labute approximate surface area is 365 Å². The smallest absolute Gasteiger partial charge is 0.334 e. The fourth-order valence-corrected chi connectivity index (χ4v) is 15.7. The van der Waals surface area contributed by atoms with E-state index in [1.165, 1.54) is 34.0 Å². The molecule has 0 amide bonds. The Bertz CT molecular complexity index is 2880. The second-order valence-corrected chi connectivity index (χ2v) is 20.6. The van der Waals surface area contributed by atoms with Crippen LogP contribution in [-0.4, -0.2) is 46.5 Å². The maximum atomic E-state index is 15.1. The highest BCUT2D eigenvalue weighted by molar-refractivity contribution is 7.45. The average Bonchev–Trinajstić information content (AvgIpc) is 4.14. The zero-order valence-electron chi connectivity index (χ0n) is 32.6. The number of thiophene rings is 4. The molecule has 4 atom stereocenters. The minimum Gasteiger partial charge on any atom is -0.459 e. The van der Waals surface area contributed by atoms with Gasteiger partial charge in [0, 0.05) is 38.8 Å². The van der Waals surface area contributed by atoms with Gasteiger partial charge in [0.15, 0.2) is 28.8 Å². The van der Waals surface area contributed by atoms with Gasteiger partial charge in [0.2, 0.25) is 5.41 Å². The Morgan fingerprint density at radius 2 is 1.05 bits per heavy atom. The van der Waals surface area contributed by atoms with Gasteiger partial charge >= 0.3 is 11.9 Å². The maximum absolute atomic E-state index is 15.1. The summed E-state index contributed by atoms with van der Waals surface area (Å²) in [6.07, 6.45) is 7.85. The summed E-state index contributed by atoms with van der Waals surface area (Å²) in [4.78, 5) is 94.7. The average molecular weight is 885 g/mol. The van der Waals surface area contributed by atoms with Crippen molar-refractivity contribution in [3.05, 3.63) is 94.0 Å². The van der Waals surface area contributed by atoms with Crippen LogP contribution in [0.3, 0.4) is 0 Å². The number of ether oxygens (including phenoxy) is 2. The predicted octanol–water partition coefficient (Wildman–Crippen LogP) is 9.90. The molecule has 5 aliphatic carbocycles. The number of hydrogen-bond donors (Lipinski definition) is 0. The van der Waals surface area contributed by atoms with Crippen molar-refractivity contribution < 1.29 is 38.2 Å². The SMILES string of the molecule is O=C1C(=NC2=Cc3sc4c(sc5c6sc(N=C7C(=O)C8CCCCC8C7=O)cc6sc45)c3C2(C(=O)OCc2ccccc2)C(=O)OCc2ccccc2)C(=O)C2CCCCC12. The summed E-state index contributed by atoms with van der Waals surface area (Å²) in [6.45, 7) is -0.288. The van der Waals surface area contributed by atoms with E-state index in [4.69, 9.17) is 14.5 Å². The van der Waals surface area contributed by atoms with E-state index in [2.05, 4.69) is 4.99 Å². The quantitative estimate of drug-likeness (QED) is 0.109. The largest absolute Gasteiger partial charge is 0.459 e. The molecule has 4 unspecified atom stereocenters. The highest BCUT2D eigenvalue weighted by Gasteiger charge is 2.61. The molecule has 0 saturated heterocycles. The zero-order valence-corrected chi connectivity index (χ0v) is 35.9. The number of hydrogen-bond acceptors (Lipinski definition) is 14. The second-order valence-electron chi connectivity index (χ2n) is 16.4. The fraction of sp³-hybridized carbons (Fsp3) is 0.319. The van der Waals surface area contributed by atoms with Gasteiger partial charge in [0.05, 0.1) is 29.2 Å². The van der Waals surface area contributed by atoms with Crippen LogP contribution in [0, 0.1) is 23.7 Å². The van der Waals surface area contributed by atoms with Crippen LogP contribution in [0.25, 0.3) is 34.3 Å². The van der Waals surface area contributed by atoms with E-state index >= 15 is 9.59 Å². The van der Waals surface area contributed by atoms with Crippen LogP contribution < -0.4 is 0 Å². The van der Waals surface area contributed by atoms with Crippen LogP contribution in [0.2, 0.25) is 0 Å². The number of aliphatic imine (C=N–C) groups is 2. The lowest BCUT2D eigenvalue weighted by Crippen LogP contribution is -2.46. The Balaban J connectivity index is 1.06. The first kappa shape index (κ1) is 38.6. The molecule has 0 N–H and O–H groups in total. The van der Waals surface area contributed by atoms with Gasteiger partial charge in [-0.25, -0.2) is 9.98 Å². The normalized spacial score (nSPS) is 23.1. The summed E-state index contributed by atoms with van der Waals surface area (Å²) >= 11 is 5.79. The van der Waals surface area contributed by atoms with E-state index < -0.39 is 29.2 Å². The number of rotatable bonds is 8. The van der Waals surface area contributed by atoms with E-state index in [-0.39, 0.29) is 65.3 Å². The third-order valence-corrected chi connectivity index (χ3v) is 18.2. The van der Waals surface area contributed by atoms with Crippen molar-refractivity contribution >= 4 is 131 Å². The summed E-state index contributed by atoms with van der Waals surface area (Å²) in [5.41, 5.74) is -0.738. The molecule has 4 aromatic heterocycles. The lowest BCUT2D eigenvalue weighted by molar-refractivity contribution is -0.164. The molecule has 0 spiro atoms. The number of esters is 2. The molecule has 10 nitrogen and oxygen atoms in total. The molecular formula is C47H36N2O8S4. The third-order valence-electron chi connectivity index (χ3n) is 12.9. The number of ketones is 4. The molecule has 0 bridgehead atoms. The van der Waals surface area contributed by atoms with E-state index in [0.29, 0.717) is 44.1 Å². The van der Waals surface area contributed by atoms with E-state index in [9.17, 15) is 19.2 Å². The van der Waals surface area contributed by atoms with Gasteiger partial charge in [-0.1, -0.05) is 86.3 Å². The number of carbonyl (C=O) groups is 6. The topological polar surface area (TPSA) is 146 Å². The molecule has 6 aromatic rings. The lowest BCUT2D eigenvalue weighted by atomic mass is 9.81. The number of Topliss-reactive ketones (excluding diaryl/α,β-unsaturated/α-hetero) is 4. The fourth-order valence-electron chi connectivity index (χ4n) is 9.94. The van der Waals surface area contributed by atoms with Gasteiger partial charge in [-0.2, -0.15) is 0 Å². The molecule has 4 saturated carbocycles. The monoisotopic (exact) mass is 884 g/mol. The van der Waals surface area contributed by atoms with Crippen molar-refractivity contribution in [2.45, 2.75) is 70.0 Å². The van der Waals surface area contributed by atoms with Gasteiger partial charge < -0.3 is 9.47 Å². The van der Waals surface area contributed by atoms with Gasteiger partial charge in [0.1, 0.15) is 23.9 Å². The molecular weight excluding hydrogens is 849 g/mol. The van der Waals surface area contributed by atoms with Crippen molar-refractivity contribution in [2.75, 3.05) is 0 Å². The molecule has 4 fully saturated rings. The van der Waals surface area contributed by atoms with E-state index in [0.717, 1.165) is 62.0 Å². The van der Waals surface area contributed by atoms with Crippen LogP contribution in [0.15, 0.2) is 82.4 Å². The molecule has 14 heteroatoms. The van der Waals surface area contributed by atoms with E-state index in [1.807, 2.05) is 66.7 Å². The number of nitrogens with zero attached hydrogens (tertiary/aromatic N) is 2. The Morgan fingerprint density at radius 3 is 1.57 bits per heavy atom. The zero-order chi connectivity index (χ0) is 41.6. The summed E-state index contributed by atoms with van der Waals surface area (Å²) in [7, 11) is 0. The Morgan fingerprint density at radius 1 is 0.574 bits per heavy atom. The van der Waals surface area contributed by atoms with Crippen LogP contribution in [0.1, 0.15) is 72.9 Å². The number of carbonyl (C=O) groups excluding carboxylic acids is 6. The van der Waals surface area contributed by atoms with Crippen molar-refractivity contribution in [3.8, 4) is 0 Å². The highest BCUT2D eigenvalue weighted by Crippen LogP contribution is 2.59. The molecule has 306 valence electrons. The molecule has 0 aliphatic heterocycles. The van der Waals surface area contributed by atoms with Gasteiger partial charge in [-0.05, 0) is 49.0 Å². The second kappa shape index (κ2) is 15.0. The van der Waals surface area contributed by atoms with Crippen LogP contribution in [0.5, 0.6) is 0 Å². The number of benzene rings is 2. The Hall–Kier alpha value is -5.28. The molecule has 61 heavy (non-hydrogen) atoms. The lowest BCUT2D eigenvalue weighted by Gasteiger charge is -2.27. The summed E-state index contributed by atoms with van der Waals surface area (Å²) in [5, 5.41) is 0.579. The third kappa shape index (κ3) is 6.04. The first-order chi connectivity index (χ1) is 29.7. The highest BCUT2D eigenvalue weighted by atomic mass is 32.1. The minimum absolute atomic E-state index is 0.0542. The molecule has 11 rings (SSSR count). The molecule has 4 heterocycles. The first-order valence-corrected chi connectivity index (χ1v) is 23.9. The Kier molecular flexibility index (Phi) is 9.48. The van der Waals surface area contributed by atoms with Crippen molar-refractivity contribution in [2.24, 2.45) is 33.7 Å². The maximum Gasteiger partial charge on any atom is 0.334 e. The standard InChI is InChI=1S/C47H36N2O8S4/c50-36-25-15-7-8-16-26(25)37(51)34(36)48-31-19-29-33(47(31,45(54)56-21-23-11-3-1-4-12-23)46(55)57-22-24-13-5-2-6-14-24)41-43(58-29)44-42(61-41)40-30(59-44)20-32(60-40)49-35-38(52)27-17-9-10-18-28(27)39(35)53/h1-6,11-14,19-20,25-28H,7-10,15-18,21-22H2. The molecule has 5 aliphatic rings. The van der Waals surface area contributed by atoms with Crippen LogP contribution in [-0.2, 0) is 56.9 Å². The predicted molar refractivity (Wildman–Crippen MR) is 238 cm³/mol. The van der Waals surface area contributed by atoms with Gasteiger partial charge in [-0.3, -0.25) is 28.8 Å². The summed E-state index contributed by atoms with van der Waals surface area (Å²) < 4.78 is 17.5. The van der Waals surface area contributed by atoms with Gasteiger partial charge in [0.25, 0.3) is 0 Å². The van der Waals surface area contributed by atoms with Crippen molar-refractivity contribution in [3.63, 3.8) is 0 Å². The molecule has 0 radical (unpaired) electrons. The van der Waals surface area contributed by atoms with Crippen molar-refractivity contribution in [1.29, 1.82) is 0 Å². The first-order valence-electron chi connectivity index (χ1n) is 20.6. The minimum atomic E-state index is -2.27. The summed E-state index contributed by atoms with van der Waals surface area (Å²) in [6, 6.07) is 20.2. The van der Waals surface area contributed by atoms with Gasteiger partial charge in [-0.15, -0.1) is 45.3 Å². The molecule has 2 aromatic carbocycles. The van der Waals surface area contributed by atoms with E-state index in [1.54, 1.807) is 17.4 Å².